The van der Waals surface area contributed by atoms with Crippen LogP contribution in [-0.2, 0) is 9.53 Å². The Balaban J connectivity index is 2.02. The monoisotopic (exact) mass is 349 g/mol. The zero-order valence-corrected chi connectivity index (χ0v) is 13.9. The summed E-state index contributed by atoms with van der Waals surface area (Å²) in [7, 11) is 1.35. The first kappa shape index (κ1) is 15.7. The molecule has 0 saturated carbocycles. The molecule has 0 aliphatic carbocycles. The van der Waals surface area contributed by atoms with Crippen molar-refractivity contribution in [1.29, 1.82) is 0 Å². The fourth-order valence-electron chi connectivity index (χ4n) is 1.98. The number of hydrogen-bond acceptors (Lipinski definition) is 7. The number of thioether (sulfide) groups is 1. The third-order valence-corrected chi connectivity index (χ3v) is 4.38. The van der Waals surface area contributed by atoms with Crippen LogP contribution >= 0.6 is 23.4 Å². The molecule has 1 aromatic carbocycles. The van der Waals surface area contributed by atoms with Gasteiger partial charge in [-0.15, -0.1) is 5.10 Å². The number of methoxy groups -OCH3 is 1. The smallest absolute Gasteiger partial charge is 0.318 e. The average Bonchev–Trinajstić information content (AvgIpc) is 2.99. The molecular formula is C14H12ClN5O2S. The molecule has 23 heavy (non-hydrogen) atoms. The van der Waals surface area contributed by atoms with Gasteiger partial charge in [0, 0.05) is 5.02 Å². The highest BCUT2D eigenvalue weighted by Gasteiger charge is 2.20. The zero-order chi connectivity index (χ0) is 16.4. The molecule has 0 saturated heterocycles. The lowest BCUT2D eigenvalue weighted by Gasteiger charge is -2.07. The summed E-state index contributed by atoms with van der Waals surface area (Å²) in [5.41, 5.74) is 1.81. The first-order chi connectivity index (χ1) is 11.1. The van der Waals surface area contributed by atoms with Gasteiger partial charge >= 0.3 is 5.97 Å². The predicted molar refractivity (Wildman–Crippen MR) is 86.8 cm³/mol. The van der Waals surface area contributed by atoms with E-state index in [4.69, 9.17) is 16.3 Å². The molecule has 7 nitrogen and oxygen atoms in total. The van der Waals surface area contributed by atoms with Crippen molar-refractivity contribution in [3.63, 3.8) is 0 Å². The quantitative estimate of drug-likeness (QED) is 0.406. The number of hydrogen-bond donors (Lipinski definition) is 0. The molecule has 0 spiro atoms. The fraction of sp³-hybridized carbons (Fsp3) is 0.214. The molecule has 9 heteroatoms. The number of halogens is 1. The molecule has 3 rings (SSSR count). The summed E-state index contributed by atoms with van der Waals surface area (Å²) in [6.07, 6.45) is 1.42. The van der Waals surface area contributed by atoms with Crippen molar-refractivity contribution >= 4 is 40.5 Å². The highest BCUT2D eigenvalue weighted by atomic mass is 35.5. The fourth-order valence-corrected chi connectivity index (χ4v) is 3.04. The van der Waals surface area contributed by atoms with Crippen molar-refractivity contribution in [1.82, 2.24) is 25.0 Å². The number of nitrogens with zero attached hydrogens (tertiary/aromatic N) is 5. The summed E-state index contributed by atoms with van der Waals surface area (Å²) in [6.45, 7) is 1.74. The number of esters is 1. The van der Waals surface area contributed by atoms with E-state index in [2.05, 4.69) is 20.3 Å². The lowest BCUT2D eigenvalue weighted by molar-refractivity contribution is -0.139. The van der Waals surface area contributed by atoms with Gasteiger partial charge in [-0.05, 0) is 25.1 Å². The van der Waals surface area contributed by atoms with Crippen LogP contribution in [0.5, 0.6) is 0 Å². The first-order valence-electron chi connectivity index (χ1n) is 6.67. The topological polar surface area (TPSA) is 82.8 Å². The predicted octanol–water partition coefficient (Wildman–Crippen LogP) is 2.52. The maximum Gasteiger partial charge on any atom is 0.318 e. The van der Waals surface area contributed by atoms with Crippen LogP contribution in [0.2, 0.25) is 5.02 Å². The van der Waals surface area contributed by atoms with Crippen molar-refractivity contribution < 1.29 is 9.53 Å². The van der Waals surface area contributed by atoms with Crippen molar-refractivity contribution in [2.75, 3.05) is 7.11 Å². The molecule has 0 unspecified atom stereocenters. The van der Waals surface area contributed by atoms with Crippen molar-refractivity contribution in [3.8, 4) is 5.69 Å². The second kappa shape index (κ2) is 6.51. The number of carbonyl (C=O) groups is 1. The summed E-state index contributed by atoms with van der Waals surface area (Å²) in [5.74, 6) is -0.330. The summed E-state index contributed by atoms with van der Waals surface area (Å²) in [4.78, 5) is 20.0. The van der Waals surface area contributed by atoms with Gasteiger partial charge in [0.05, 0.1) is 12.8 Å². The number of rotatable bonds is 4. The van der Waals surface area contributed by atoms with Gasteiger partial charge in [-0.2, -0.15) is 4.68 Å². The van der Waals surface area contributed by atoms with E-state index in [-0.39, 0.29) is 5.97 Å². The number of carbonyl (C=O) groups excluding carboxylic acids is 1. The SMILES string of the molecule is COC(=O)[C@@H](C)Sc1ncnc2c1nnn2-c1cccc(Cl)c1. The Morgan fingerprint density at radius 1 is 1.39 bits per heavy atom. The molecule has 0 bridgehead atoms. The van der Waals surface area contributed by atoms with Crippen LogP contribution in [0.25, 0.3) is 16.9 Å². The molecule has 0 amide bonds. The molecule has 2 aromatic heterocycles. The lowest BCUT2D eigenvalue weighted by Crippen LogP contribution is -2.14. The minimum absolute atomic E-state index is 0.330. The third-order valence-electron chi connectivity index (χ3n) is 3.08. The number of fused-ring (bicyclic) bond motifs is 1. The van der Waals surface area contributed by atoms with E-state index in [1.165, 1.54) is 25.2 Å². The van der Waals surface area contributed by atoms with E-state index in [0.29, 0.717) is 21.2 Å². The standard InChI is InChI=1S/C14H12ClN5O2S/c1-8(14(21)22-2)23-13-11-12(16-7-17-13)20(19-18-11)10-5-3-4-9(15)6-10/h3-8H,1-2H3/t8-/m1/s1. The van der Waals surface area contributed by atoms with Gasteiger partial charge in [-0.3, -0.25) is 4.79 Å². The number of benzene rings is 1. The van der Waals surface area contributed by atoms with Crippen molar-refractivity contribution in [3.05, 3.63) is 35.6 Å². The van der Waals surface area contributed by atoms with Crippen LogP contribution in [0.15, 0.2) is 35.6 Å². The van der Waals surface area contributed by atoms with Crippen LogP contribution in [0, 0.1) is 0 Å². The second-order valence-electron chi connectivity index (χ2n) is 4.62. The second-order valence-corrected chi connectivity index (χ2v) is 6.38. The number of ether oxygens (including phenoxy) is 1. The van der Waals surface area contributed by atoms with Gasteiger partial charge in [0.25, 0.3) is 0 Å². The molecular weight excluding hydrogens is 338 g/mol. The zero-order valence-electron chi connectivity index (χ0n) is 12.3. The molecule has 3 aromatic rings. The molecule has 0 N–H and O–H groups in total. The van der Waals surface area contributed by atoms with E-state index < -0.39 is 5.25 Å². The van der Waals surface area contributed by atoms with E-state index in [1.807, 2.05) is 12.1 Å². The maximum atomic E-state index is 11.6. The largest absolute Gasteiger partial charge is 0.468 e. The molecule has 0 radical (unpaired) electrons. The summed E-state index contributed by atoms with van der Waals surface area (Å²) in [5, 5.41) is 9.00. The van der Waals surface area contributed by atoms with Gasteiger partial charge in [-0.1, -0.05) is 34.6 Å². The van der Waals surface area contributed by atoms with E-state index in [0.717, 1.165) is 5.69 Å². The summed E-state index contributed by atoms with van der Waals surface area (Å²) in [6, 6.07) is 7.22. The Kier molecular flexibility index (Phi) is 4.44. The molecule has 0 aliphatic heterocycles. The van der Waals surface area contributed by atoms with Gasteiger partial charge in [-0.25, -0.2) is 9.97 Å². The van der Waals surface area contributed by atoms with Gasteiger partial charge in [0.15, 0.2) is 11.2 Å². The van der Waals surface area contributed by atoms with E-state index >= 15 is 0 Å². The Morgan fingerprint density at radius 3 is 2.96 bits per heavy atom. The van der Waals surface area contributed by atoms with Crippen LogP contribution in [-0.4, -0.2) is 43.3 Å². The minimum Gasteiger partial charge on any atom is -0.468 e. The number of aromatic nitrogens is 5. The molecule has 118 valence electrons. The molecule has 0 fully saturated rings. The Bertz CT molecular complexity index is 869. The van der Waals surface area contributed by atoms with Crippen LogP contribution in [0.3, 0.4) is 0 Å². The van der Waals surface area contributed by atoms with Gasteiger partial charge in [0.1, 0.15) is 16.6 Å². The Labute approximate surface area is 141 Å². The summed E-state index contributed by atoms with van der Waals surface area (Å²) < 4.78 is 6.30. The van der Waals surface area contributed by atoms with Crippen LogP contribution < -0.4 is 0 Å². The van der Waals surface area contributed by atoms with Crippen LogP contribution in [0.1, 0.15) is 6.92 Å². The Morgan fingerprint density at radius 2 is 2.22 bits per heavy atom. The maximum absolute atomic E-state index is 11.6. The first-order valence-corrected chi connectivity index (χ1v) is 7.92. The van der Waals surface area contributed by atoms with E-state index in [1.54, 1.807) is 23.7 Å². The van der Waals surface area contributed by atoms with Gasteiger partial charge < -0.3 is 4.74 Å². The van der Waals surface area contributed by atoms with Crippen molar-refractivity contribution in [2.45, 2.75) is 17.2 Å². The van der Waals surface area contributed by atoms with E-state index in [9.17, 15) is 4.79 Å². The highest BCUT2D eigenvalue weighted by molar-refractivity contribution is 8.00. The van der Waals surface area contributed by atoms with Crippen molar-refractivity contribution in [2.24, 2.45) is 0 Å². The Hall–Kier alpha value is -2.19. The third kappa shape index (κ3) is 3.13. The van der Waals surface area contributed by atoms with Gasteiger partial charge in [0.2, 0.25) is 0 Å². The molecule has 0 aliphatic rings. The van der Waals surface area contributed by atoms with Crippen LogP contribution in [0.4, 0.5) is 0 Å². The minimum atomic E-state index is -0.408. The summed E-state index contributed by atoms with van der Waals surface area (Å²) >= 11 is 7.26. The average molecular weight is 350 g/mol. The molecule has 1 atom stereocenters. The highest BCUT2D eigenvalue weighted by Crippen LogP contribution is 2.28. The molecule has 2 heterocycles. The normalized spacial score (nSPS) is 12.3. The lowest BCUT2D eigenvalue weighted by atomic mass is 10.3.